The van der Waals surface area contributed by atoms with Crippen molar-refractivity contribution in [2.75, 3.05) is 18.0 Å². The molecule has 0 aliphatic carbocycles. The lowest BCUT2D eigenvalue weighted by Gasteiger charge is -2.12. The van der Waals surface area contributed by atoms with Crippen molar-refractivity contribution in [3.8, 4) is 6.07 Å². The molecular formula is C9H11ClN4S. The fraction of sp³-hybridized carbons (Fsp3) is 0.556. The van der Waals surface area contributed by atoms with Crippen LogP contribution in [0.3, 0.4) is 0 Å². The number of nitriles is 1. The maximum absolute atomic E-state index is 8.77. The van der Waals surface area contributed by atoms with Crippen LogP contribution in [0.1, 0.15) is 11.8 Å². The number of anilines is 1. The smallest absolute Gasteiger partial charge is 0.188 e. The van der Waals surface area contributed by atoms with E-state index in [2.05, 4.69) is 16.8 Å². The highest BCUT2D eigenvalue weighted by molar-refractivity contribution is 7.16. The van der Waals surface area contributed by atoms with Crippen LogP contribution >= 0.6 is 22.9 Å². The van der Waals surface area contributed by atoms with E-state index >= 15 is 0 Å². The third-order valence-corrected chi connectivity index (χ3v) is 4.02. The first-order valence-electron chi connectivity index (χ1n) is 4.68. The van der Waals surface area contributed by atoms with Gasteiger partial charge in [0.1, 0.15) is 10.9 Å². The molecule has 0 radical (unpaired) electrons. The number of halogens is 1. The van der Waals surface area contributed by atoms with Crippen molar-refractivity contribution in [2.24, 2.45) is 11.7 Å². The van der Waals surface area contributed by atoms with Crippen molar-refractivity contribution in [1.82, 2.24) is 4.98 Å². The van der Waals surface area contributed by atoms with Crippen molar-refractivity contribution >= 4 is 28.1 Å². The molecule has 2 N–H and O–H groups in total. The predicted molar refractivity (Wildman–Crippen MR) is 61.2 cm³/mol. The summed E-state index contributed by atoms with van der Waals surface area (Å²) in [4.78, 5) is 6.73. The second kappa shape index (κ2) is 3.97. The van der Waals surface area contributed by atoms with E-state index < -0.39 is 0 Å². The Morgan fingerprint density at radius 2 is 2.40 bits per heavy atom. The fourth-order valence-corrected chi connectivity index (χ4v) is 2.70. The molecule has 1 aromatic rings. The fourth-order valence-electron chi connectivity index (χ4n) is 1.64. The quantitative estimate of drug-likeness (QED) is 0.810. The molecule has 2 atom stereocenters. The lowest BCUT2D eigenvalue weighted by atomic mass is 10.1. The molecule has 1 aliphatic rings. The van der Waals surface area contributed by atoms with E-state index in [1.165, 1.54) is 11.3 Å². The van der Waals surface area contributed by atoms with Crippen LogP contribution in [-0.2, 0) is 0 Å². The van der Waals surface area contributed by atoms with Crippen molar-refractivity contribution in [1.29, 1.82) is 5.26 Å². The number of hydrogen-bond acceptors (Lipinski definition) is 5. The summed E-state index contributed by atoms with van der Waals surface area (Å²) in [6, 6.07) is 2.21. The molecule has 0 aromatic carbocycles. The topological polar surface area (TPSA) is 65.9 Å². The highest BCUT2D eigenvalue weighted by Gasteiger charge is 2.28. The van der Waals surface area contributed by atoms with Gasteiger partial charge in [0.2, 0.25) is 0 Å². The average molecular weight is 243 g/mol. The summed E-state index contributed by atoms with van der Waals surface area (Å²) in [7, 11) is 0. The van der Waals surface area contributed by atoms with Crippen molar-refractivity contribution in [2.45, 2.75) is 13.0 Å². The van der Waals surface area contributed by atoms with E-state index in [1.54, 1.807) is 0 Å². The Morgan fingerprint density at radius 3 is 2.87 bits per heavy atom. The first-order chi connectivity index (χ1) is 7.11. The molecule has 1 aliphatic heterocycles. The first kappa shape index (κ1) is 10.7. The van der Waals surface area contributed by atoms with Gasteiger partial charge in [-0.25, -0.2) is 4.98 Å². The molecule has 0 saturated carbocycles. The zero-order valence-electron chi connectivity index (χ0n) is 8.27. The Labute approximate surface area is 97.3 Å². The molecule has 0 spiro atoms. The van der Waals surface area contributed by atoms with E-state index in [9.17, 15) is 0 Å². The molecule has 6 heteroatoms. The van der Waals surface area contributed by atoms with Gasteiger partial charge >= 0.3 is 0 Å². The average Bonchev–Trinajstić information content (AvgIpc) is 2.71. The molecule has 2 unspecified atom stereocenters. The van der Waals surface area contributed by atoms with Gasteiger partial charge in [-0.3, -0.25) is 0 Å². The largest absolute Gasteiger partial charge is 0.346 e. The Kier molecular flexibility index (Phi) is 2.83. The molecular weight excluding hydrogens is 232 g/mol. The lowest BCUT2D eigenvalue weighted by molar-refractivity contribution is 0.566. The second-order valence-electron chi connectivity index (χ2n) is 3.77. The van der Waals surface area contributed by atoms with E-state index in [-0.39, 0.29) is 6.04 Å². The monoisotopic (exact) mass is 242 g/mol. The second-order valence-corrected chi connectivity index (χ2v) is 5.11. The zero-order valence-corrected chi connectivity index (χ0v) is 9.85. The molecule has 2 rings (SSSR count). The molecule has 1 fully saturated rings. The summed E-state index contributed by atoms with van der Waals surface area (Å²) in [6.45, 7) is 3.79. The molecule has 1 aromatic heterocycles. The van der Waals surface area contributed by atoms with Gasteiger partial charge in [-0.2, -0.15) is 5.26 Å². The minimum absolute atomic E-state index is 0.179. The highest BCUT2D eigenvalue weighted by atomic mass is 35.5. The molecule has 0 amide bonds. The van der Waals surface area contributed by atoms with Gasteiger partial charge in [-0.15, -0.1) is 0 Å². The Balaban J connectivity index is 2.21. The van der Waals surface area contributed by atoms with Gasteiger partial charge in [0, 0.05) is 19.1 Å². The Bertz CT molecular complexity index is 401. The minimum Gasteiger partial charge on any atom is -0.346 e. The minimum atomic E-state index is 0.179. The standard InChI is InChI=1S/C9H11ClN4S/c1-5-3-14(4-6(5)12)9-13-8(10)7(2-11)15-9/h5-6H,3-4,12H2,1H3. The van der Waals surface area contributed by atoms with Gasteiger partial charge in [0.05, 0.1) is 0 Å². The maximum atomic E-state index is 8.77. The van der Waals surface area contributed by atoms with Crippen molar-refractivity contribution in [3.05, 3.63) is 10.0 Å². The number of hydrogen-bond donors (Lipinski definition) is 1. The summed E-state index contributed by atoms with van der Waals surface area (Å²) in [5, 5.41) is 9.87. The number of rotatable bonds is 1. The van der Waals surface area contributed by atoms with Crippen molar-refractivity contribution in [3.63, 3.8) is 0 Å². The normalized spacial score (nSPS) is 25.6. The summed E-state index contributed by atoms with van der Waals surface area (Å²) >= 11 is 7.14. The Hall–Kier alpha value is -0.830. The van der Waals surface area contributed by atoms with Gasteiger partial charge < -0.3 is 10.6 Å². The molecule has 4 nitrogen and oxygen atoms in total. The molecule has 2 heterocycles. The summed E-state index contributed by atoms with van der Waals surface area (Å²) in [5.74, 6) is 0.457. The van der Waals surface area contributed by atoms with E-state index in [1.807, 2.05) is 6.07 Å². The van der Waals surface area contributed by atoms with Gasteiger partial charge in [0.25, 0.3) is 0 Å². The third kappa shape index (κ3) is 1.93. The molecule has 15 heavy (non-hydrogen) atoms. The Morgan fingerprint density at radius 1 is 1.67 bits per heavy atom. The summed E-state index contributed by atoms with van der Waals surface area (Å²) < 4.78 is 0. The van der Waals surface area contributed by atoms with Crippen LogP contribution < -0.4 is 10.6 Å². The van der Waals surface area contributed by atoms with E-state index in [4.69, 9.17) is 22.6 Å². The summed E-state index contributed by atoms with van der Waals surface area (Å²) in [5.41, 5.74) is 5.92. The highest BCUT2D eigenvalue weighted by Crippen LogP contribution is 2.31. The number of nitrogens with two attached hydrogens (primary N) is 1. The molecule has 0 bridgehead atoms. The molecule has 1 saturated heterocycles. The zero-order chi connectivity index (χ0) is 11.0. The van der Waals surface area contributed by atoms with E-state index in [0.29, 0.717) is 15.9 Å². The predicted octanol–water partition coefficient (Wildman–Crippen LogP) is 1.45. The van der Waals surface area contributed by atoms with Gasteiger partial charge in [-0.05, 0) is 5.92 Å². The number of nitrogens with zero attached hydrogens (tertiary/aromatic N) is 3. The van der Waals surface area contributed by atoms with Crippen molar-refractivity contribution < 1.29 is 0 Å². The van der Waals surface area contributed by atoms with Crippen LogP contribution in [0.2, 0.25) is 5.15 Å². The van der Waals surface area contributed by atoms with Crippen LogP contribution in [0.4, 0.5) is 5.13 Å². The SMILES string of the molecule is CC1CN(c2nc(Cl)c(C#N)s2)CC1N. The number of aromatic nitrogens is 1. The van der Waals surface area contributed by atoms with Crippen LogP contribution in [0.25, 0.3) is 0 Å². The summed E-state index contributed by atoms with van der Waals surface area (Å²) in [6.07, 6.45) is 0. The van der Waals surface area contributed by atoms with Gasteiger partial charge in [-0.1, -0.05) is 29.9 Å². The van der Waals surface area contributed by atoms with Crippen LogP contribution in [0.5, 0.6) is 0 Å². The lowest BCUT2D eigenvalue weighted by Crippen LogP contribution is -2.28. The van der Waals surface area contributed by atoms with Crippen LogP contribution in [-0.4, -0.2) is 24.1 Å². The molecule has 80 valence electrons. The number of thiazole rings is 1. The first-order valence-corrected chi connectivity index (χ1v) is 5.88. The van der Waals surface area contributed by atoms with Crippen LogP contribution in [0.15, 0.2) is 0 Å². The van der Waals surface area contributed by atoms with E-state index in [0.717, 1.165) is 18.2 Å². The van der Waals surface area contributed by atoms with Crippen LogP contribution in [0, 0.1) is 17.2 Å². The third-order valence-electron chi connectivity index (χ3n) is 2.62. The van der Waals surface area contributed by atoms with Gasteiger partial charge in [0.15, 0.2) is 10.3 Å². The maximum Gasteiger partial charge on any atom is 0.188 e.